The molecule has 0 radical (unpaired) electrons. The summed E-state index contributed by atoms with van der Waals surface area (Å²) in [5.41, 5.74) is 1.35. The van der Waals surface area contributed by atoms with Gasteiger partial charge in [0, 0.05) is 11.8 Å². The van der Waals surface area contributed by atoms with E-state index in [9.17, 15) is 0 Å². The minimum Gasteiger partial charge on any atom is -0.291 e. The van der Waals surface area contributed by atoms with Crippen molar-refractivity contribution < 1.29 is 0 Å². The first-order valence-electron chi connectivity index (χ1n) is 4.73. The van der Waals surface area contributed by atoms with Crippen molar-refractivity contribution in [2.75, 3.05) is 0 Å². The van der Waals surface area contributed by atoms with E-state index in [1.54, 1.807) is 0 Å². The highest BCUT2D eigenvalue weighted by Crippen LogP contribution is 2.19. The number of rotatable bonds is 0. The predicted octanol–water partition coefficient (Wildman–Crippen LogP) is 3.05. The van der Waals surface area contributed by atoms with E-state index in [1.165, 1.54) is 31.4 Å². The Hall–Kier alpha value is -0.330. The van der Waals surface area contributed by atoms with Gasteiger partial charge in [0.05, 0.1) is 0 Å². The summed E-state index contributed by atoms with van der Waals surface area (Å²) in [6, 6.07) is 0.551. The molecule has 0 bridgehead atoms. The van der Waals surface area contributed by atoms with Gasteiger partial charge in [-0.2, -0.15) is 0 Å². The van der Waals surface area contributed by atoms with Gasteiger partial charge in [-0.25, -0.2) is 0 Å². The monoisotopic (exact) mass is 153 g/mol. The summed E-state index contributed by atoms with van der Waals surface area (Å²) >= 11 is 0. The van der Waals surface area contributed by atoms with E-state index < -0.39 is 0 Å². The summed E-state index contributed by atoms with van der Waals surface area (Å²) in [6.07, 6.45) is 5.31. The summed E-state index contributed by atoms with van der Waals surface area (Å²) in [7, 11) is 0. The molecule has 0 spiro atoms. The van der Waals surface area contributed by atoms with Crippen LogP contribution in [-0.4, -0.2) is 11.8 Å². The first-order valence-corrected chi connectivity index (χ1v) is 4.73. The minimum absolute atomic E-state index is 0.551. The Balaban J connectivity index is 2.58. The molecule has 1 heterocycles. The van der Waals surface area contributed by atoms with Gasteiger partial charge < -0.3 is 0 Å². The van der Waals surface area contributed by atoms with Crippen LogP contribution in [0.4, 0.5) is 0 Å². The third-order valence-electron chi connectivity index (χ3n) is 2.70. The Morgan fingerprint density at radius 1 is 1.27 bits per heavy atom. The van der Waals surface area contributed by atoms with Crippen LogP contribution in [0.5, 0.6) is 0 Å². The van der Waals surface area contributed by atoms with Crippen molar-refractivity contribution in [3.8, 4) is 0 Å². The van der Waals surface area contributed by atoms with E-state index in [4.69, 9.17) is 0 Å². The van der Waals surface area contributed by atoms with Gasteiger partial charge in [-0.05, 0) is 39.0 Å². The Kier molecular flexibility index (Phi) is 3.10. The zero-order valence-corrected chi connectivity index (χ0v) is 7.93. The lowest BCUT2D eigenvalue weighted by Crippen LogP contribution is -2.15. The van der Waals surface area contributed by atoms with Crippen molar-refractivity contribution in [3.63, 3.8) is 0 Å². The summed E-state index contributed by atoms with van der Waals surface area (Å²) in [6.45, 7) is 6.71. The normalized spacial score (nSPS) is 33.9. The third-order valence-corrected chi connectivity index (χ3v) is 2.70. The van der Waals surface area contributed by atoms with Crippen molar-refractivity contribution in [1.82, 2.24) is 0 Å². The third kappa shape index (κ3) is 2.64. The molecule has 2 unspecified atom stereocenters. The molecule has 0 aliphatic carbocycles. The number of hydrogen-bond donors (Lipinski definition) is 0. The number of hydrogen-bond acceptors (Lipinski definition) is 1. The molecule has 11 heavy (non-hydrogen) atoms. The maximum atomic E-state index is 4.63. The van der Waals surface area contributed by atoms with Crippen LogP contribution in [0.2, 0.25) is 0 Å². The van der Waals surface area contributed by atoms with Gasteiger partial charge in [-0.3, -0.25) is 4.99 Å². The van der Waals surface area contributed by atoms with E-state index in [0.717, 1.165) is 5.92 Å². The molecule has 1 nitrogen and oxygen atoms in total. The number of aliphatic imine (C=N–C) groups is 1. The van der Waals surface area contributed by atoms with Gasteiger partial charge in [-0.15, -0.1) is 0 Å². The van der Waals surface area contributed by atoms with Crippen molar-refractivity contribution in [2.24, 2.45) is 10.9 Å². The van der Waals surface area contributed by atoms with E-state index in [0.29, 0.717) is 6.04 Å². The van der Waals surface area contributed by atoms with E-state index in [1.807, 2.05) is 0 Å². The lowest BCUT2D eigenvalue weighted by Gasteiger charge is -2.19. The first kappa shape index (κ1) is 8.76. The maximum Gasteiger partial charge on any atom is 0.0496 e. The van der Waals surface area contributed by atoms with E-state index in [-0.39, 0.29) is 0 Å². The quantitative estimate of drug-likeness (QED) is 0.507. The fourth-order valence-corrected chi connectivity index (χ4v) is 1.63. The van der Waals surface area contributed by atoms with Crippen LogP contribution in [0.25, 0.3) is 0 Å². The molecule has 0 aromatic rings. The molecular formula is C10H19N. The van der Waals surface area contributed by atoms with Gasteiger partial charge in [0.1, 0.15) is 0 Å². The van der Waals surface area contributed by atoms with Crippen LogP contribution in [0, 0.1) is 5.92 Å². The molecular weight excluding hydrogens is 134 g/mol. The van der Waals surface area contributed by atoms with Crippen LogP contribution in [0.1, 0.15) is 46.5 Å². The van der Waals surface area contributed by atoms with Gasteiger partial charge in [-0.1, -0.05) is 13.3 Å². The second kappa shape index (κ2) is 3.89. The van der Waals surface area contributed by atoms with Crippen molar-refractivity contribution >= 4 is 5.71 Å². The van der Waals surface area contributed by atoms with Crippen molar-refractivity contribution in [3.05, 3.63) is 0 Å². The predicted molar refractivity (Wildman–Crippen MR) is 50.2 cm³/mol. The average Bonchev–Trinajstić information content (AvgIpc) is 1.95. The zero-order valence-electron chi connectivity index (χ0n) is 7.93. The molecule has 1 aliphatic heterocycles. The van der Waals surface area contributed by atoms with Gasteiger partial charge in [0.25, 0.3) is 0 Å². The summed E-state index contributed by atoms with van der Waals surface area (Å²) in [4.78, 5) is 4.63. The molecule has 0 aromatic heterocycles. The molecule has 0 saturated heterocycles. The molecule has 64 valence electrons. The summed E-state index contributed by atoms with van der Waals surface area (Å²) < 4.78 is 0. The molecule has 0 aromatic carbocycles. The fourth-order valence-electron chi connectivity index (χ4n) is 1.63. The lowest BCUT2D eigenvalue weighted by atomic mass is 9.94. The van der Waals surface area contributed by atoms with Crippen LogP contribution >= 0.6 is 0 Å². The highest BCUT2D eigenvalue weighted by Gasteiger charge is 2.12. The summed E-state index contributed by atoms with van der Waals surface area (Å²) in [5, 5.41) is 0. The molecule has 1 rings (SSSR count). The first-order chi connectivity index (χ1) is 5.20. The van der Waals surface area contributed by atoms with Crippen molar-refractivity contribution in [1.29, 1.82) is 0 Å². The number of nitrogens with zero attached hydrogens (tertiary/aromatic N) is 1. The second-order valence-corrected chi connectivity index (χ2v) is 3.83. The van der Waals surface area contributed by atoms with Crippen LogP contribution in [-0.2, 0) is 0 Å². The summed E-state index contributed by atoms with van der Waals surface area (Å²) in [5.74, 6) is 0.783. The molecule has 0 amide bonds. The zero-order chi connectivity index (χ0) is 8.27. The highest BCUT2D eigenvalue weighted by molar-refractivity contribution is 5.82. The molecule has 1 aliphatic rings. The Morgan fingerprint density at radius 3 is 2.73 bits per heavy atom. The van der Waals surface area contributed by atoms with Crippen LogP contribution in [0.15, 0.2) is 4.99 Å². The van der Waals surface area contributed by atoms with E-state index >= 15 is 0 Å². The molecule has 0 fully saturated rings. The van der Waals surface area contributed by atoms with Crippen LogP contribution < -0.4 is 0 Å². The smallest absolute Gasteiger partial charge is 0.0496 e. The standard InChI is InChI=1S/C10H19N/c1-8-6-4-5-7-9(2)11-10(8)3/h8,10H,4-7H2,1-3H3. The van der Waals surface area contributed by atoms with Gasteiger partial charge in [0.2, 0.25) is 0 Å². The van der Waals surface area contributed by atoms with Crippen LogP contribution in [0.3, 0.4) is 0 Å². The largest absolute Gasteiger partial charge is 0.291 e. The Labute approximate surface area is 69.9 Å². The maximum absolute atomic E-state index is 4.63. The Morgan fingerprint density at radius 2 is 2.00 bits per heavy atom. The molecule has 1 heteroatoms. The van der Waals surface area contributed by atoms with E-state index in [2.05, 4.69) is 25.8 Å². The topological polar surface area (TPSA) is 12.4 Å². The SMILES string of the molecule is CC1=NC(C)C(C)CCCC1. The molecule has 0 N–H and O–H groups in total. The van der Waals surface area contributed by atoms with Crippen molar-refractivity contribution in [2.45, 2.75) is 52.5 Å². The highest BCUT2D eigenvalue weighted by atomic mass is 14.8. The van der Waals surface area contributed by atoms with Gasteiger partial charge in [0.15, 0.2) is 0 Å². The minimum atomic E-state index is 0.551. The Bertz CT molecular complexity index is 149. The fraction of sp³-hybridized carbons (Fsp3) is 0.900. The van der Waals surface area contributed by atoms with Gasteiger partial charge >= 0.3 is 0 Å². The second-order valence-electron chi connectivity index (χ2n) is 3.83. The molecule has 0 saturated carbocycles. The molecule has 2 atom stereocenters. The lowest BCUT2D eigenvalue weighted by molar-refractivity contribution is 0.425. The average molecular weight is 153 g/mol.